The molecule has 0 aromatic heterocycles. The predicted octanol–water partition coefficient (Wildman–Crippen LogP) is 5.58. The number of anilines is 1. The van der Waals surface area contributed by atoms with Gasteiger partial charge in [0.25, 0.3) is 5.91 Å². The van der Waals surface area contributed by atoms with E-state index in [1.807, 2.05) is 24.3 Å². The molecule has 0 aliphatic rings. The topological polar surface area (TPSA) is 41.1 Å². The first-order valence-electron chi connectivity index (χ1n) is 7.58. The highest BCUT2D eigenvalue weighted by Crippen LogP contribution is 2.26. The molecule has 2 rings (SSSR count). The fourth-order valence-electron chi connectivity index (χ4n) is 2.26. The second-order valence-electron chi connectivity index (χ2n) is 5.43. The van der Waals surface area contributed by atoms with E-state index >= 15 is 0 Å². The van der Waals surface area contributed by atoms with Crippen molar-refractivity contribution < 1.29 is 4.79 Å². The first-order valence-corrected chi connectivity index (χ1v) is 9.45. The van der Waals surface area contributed by atoms with Crippen molar-refractivity contribution in [3.63, 3.8) is 0 Å². The second-order valence-corrected chi connectivity index (χ2v) is 7.49. The van der Waals surface area contributed by atoms with Gasteiger partial charge in [0.2, 0.25) is 0 Å². The van der Waals surface area contributed by atoms with Crippen LogP contribution >= 0.6 is 46.4 Å². The van der Waals surface area contributed by atoms with E-state index in [2.05, 4.69) is 53.1 Å². The Bertz CT molecular complexity index is 766. The van der Waals surface area contributed by atoms with Crippen molar-refractivity contribution in [2.75, 3.05) is 5.32 Å². The zero-order valence-electron chi connectivity index (χ0n) is 13.4. The van der Waals surface area contributed by atoms with Gasteiger partial charge in [-0.25, -0.2) is 0 Å². The van der Waals surface area contributed by atoms with Crippen molar-refractivity contribution in [1.82, 2.24) is 5.32 Å². The molecular weight excluding hydrogens is 455 g/mol. The summed E-state index contributed by atoms with van der Waals surface area (Å²) < 4.78 is 0.933. The molecule has 2 aromatic carbocycles. The van der Waals surface area contributed by atoms with Gasteiger partial charge in [0, 0.05) is 9.26 Å². The molecule has 0 bridgehead atoms. The second kappa shape index (κ2) is 8.78. The third-order valence-electron chi connectivity index (χ3n) is 3.75. The Kier molecular flexibility index (Phi) is 7.01. The van der Waals surface area contributed by atoms with Crippen LogP contribution in [0, 0.1) is 3.57 Å². The maximum Gasteiger partial charge on any atom is 0.258 e. The third-order valence-corrected chi connectivity index (χ3v) is 4.96. The summed E-state index contributed by atoms with van der Waals surface area (Å²) in [5.74, 6) is 0.0781. The molecule has 126 valence electrons. The van der Waals surface area contributed by atoms with Crippen molar-refractivity contribution in [3.8, 4) is 0 Å². The summed E-state index contributed by atoms with van der Waals surface area (Å²) in [4.78, 5) is 12.4. The van der Waals surface area contributed by atoms with Gasteiger partial charge in [0.05, 0.1) is 10.6 Å². The van der Waals surface area contributed by atoms with Crippen LogP contribution in [0.2, 0.25) is 5.02 Å². The molecule has 0 heterocycles. The number of rotatable bonds is 4. The van der Waals surface area contributed by atoms with Crippen LogP contribution in [0.25, 0.3) is 0 Å². The molecule has 3 nitrogen and oxygen atoms in total. The number of halogens is 2. The fourth-order valence-corrected chi connectivity index (χ4v) is 3.15. The average molecular weight is 473 g/mol. The Morgan fingerprint density at radius 3 is 2.71 bits per heavy atom. The Hall–Kier alpha value is -1.18. The van der Waals surface area contributed by atoms with Gasteiger partial charge in [-0.3, -0.25) is 10.1 Å². The molecule has 24 heavy (non-hydrogen) atoms. The van der Waals surface area contributed by atoms with Gasteiger partial charge >= 0.3 is 0 Å². The van der Waals surface area contributed by atoms with Crippen molar-refractivity contribution in [2.45, 2.75) is 26.2 Å². The lowest BCUT2D eigenvalue weighted by molar-refractivity contribution is 0.0978. The largest absolute Gasteiger partial charge is 0.332 e. The summed E-state index contributed by atoms with van der Waals surface area (Å²) in [7, 11) is 0. The molecule has 0 saturated carbocycles. The highest BCUT2D eigenvalue weighted by molar-refractivity contribution is 14.1. The van der Waals surface area contributed by atoms with E-state index in [1.54, 1.807) is 12.1 Å². The molecule has 2 N–H and O–H groups in total. The Morgan fingerprint density at radius 2 is 2.00 bits per heavy atom. The molecule has 0 aliphatic carbocycles. The molecule has 0 aliphatic heterocycles. The van der Waals surface area contributed by atoms with E-state index in [9.17, 15) is 4.79 Å². The molecule has 0 fully saturated rings. The summed E-state index contributed by atoms with van der Waals surface area (Å²) >= 11 is 13.5. The Balaban J connectivity index is 2.11. The van der Waals surface area contributed by atoms with Crippen molar-refractivity contribution >= 4 is 63.1 Å². The maximum absolute atomic E-state index is 12.4. The van der Waals surface area contributed by atoms with E-state index in [1.165, 1.54) is 5.56 Å². The lowest BCUT2D eigenvalue weighted by atomic mass is 9.97. The van der Waals surface area contributed by atoms with Crippen LogP contribution in [0.15, 0.2) is 42.5 Å². The van der Waals surface area contributed by atoms with Gasteiger partial charge in [0.1, 0.15) is 0 Å². The normalized spacial score (nSPS) is 11.7. The average Bonchev–Trinajstić information content (AvgIpc) is 2.56. The van der Waals surface area contributed by atoms with E-state index in [4.69, 9.17) is 23.8 Å². The van der Waals surface area contributed by atoms with Crippen LogP contribution in [0.3, 0.4) is 0 Å². The number of para-hydroxylation sites is 1. The van der Waals surface area contributed by atoms with E-state index < -0.39 is 0 Å². The van der Waals surface area contributed by atoms with Crippen LogP contribution in [0.1, 0.15) is 42.1 Å². The first kappa shape index (κ1) is 19.1. The molecule has 1 amide bonds. The van der Waals surface area contributed by atoms with E-state index in [0.29, 0.717) is 16.5 Å². The lowest BCUT2D eigenvalue weighted by Gasteiger charge is -2.17. The van der Waals surface area contributed by atoms with E-state index in [0.717, 1.165) is 15.7 Å². The Labute approximate surface area is 166 Å². The van der Waals surface area contributed by atoms with Crippen molar-refractivity contribution in [3.05, 3.63) is 62.2 Å². The predicted molar refractivity (Wildman–Crippen MR) is 113 cm³/mol. The number of hydrogen-bond acceptors (Lipinski definition) is 2. The third kappa shape index (κ3) is 4.91. The van der Waals surface area contributed by atoms with Crippen molar-refractivity contribution in [2.24, 2.45) is 0 Å². The van der Waals surface area contributed by atoms with Gasteiger partial charge in [-0.2, -0.15) is 0 Å². The molecule has 0 unspecified atom stereocenters. The standard InChI is InChI=1S/C18H18ClIN2OS/c1-3-11(2)13-6-4-5-7-16(13)21-18(24)22-17(23)14-10-12(20)8-9-15(14)19/h4-11H,3H2,1-2H3,(H2,21,22,23,24)/t11-/m1/s1. The van der Waals surface area contributed by atoms with Crippen LogP contribution in [0.5, 0.6) is 0 Å². The fraction of sp³-hybridized carbons (Fsp3) is 0.222. The summed E-state index contributed by atoms with van der Waals surface area (Å²) in [6, 6.07) is 13.2. The SMILES string of the molecule is CC[C@@H](C)c1ccccc1NC(=S)NC(=O)c1cc(I)ccc1Cl. The lowest BCUT2D eigenvalue weighted by Crippen LogP contribution is -2.34. The number of hydrogen-bond donors (Lipinski definition) is 2. The van der Waals surface area contributed by atoms with Gasteiger partial charge in [-0.1, -0.05) is 43.6 Å². The zero-order chi connectivity index (χ0) is 17.7. The van der Waals surface area contributed by atoms with Crippen LogP contribution in [0.4, 0.5) is 5.69 Å². The Morgan fingerprint density at radius 1 is 1.29 bits per heavy atom. The van der Waals surface area contributed by atoms with Gasteiger partial charge in [-0.05, 0) is 77.0 Å². The highest BCUT2D eigenvalue weighted by atomic mass is 127. The summed E-state index contributed by atoms with van der Waals surface area (Å²) in [6.45, 7) is 4.30. The monoisotopic (exact) mass is 472 g/mol. The summed E-state index contributed by atoms with van der Waals surface area (Å²) in [6.07, 6.45) is 1.02. The van der Waals surface area contributed by atoms with Crippen LogP contribution in [-0.2, 0) is 0 Å². The minimum atomic E-state index is -0.322. The van der Waals surface area contributed by atoms with Crippen LogP contribution in [-0.4, -0.2) is 11.0 Å². The first-order chi connectivity index (χ1) is 11.4. The number of carbonyl (C=O) groups is 1. The number of thiocarbonyl (C=S) groups is 1. The number of nitrogens with one attached hydrogen (secondary N) is 2. The summed E-state index contributed by atoms with van der Waals surface area (Å²) in [5.41, 5.74) is 2.48. The molecule has 2 aromatic rings. The van der Waals surface area contributed by atoms with E-state index in [-0.39, 0.29) is 11.0 Å². The van der Waals surface area contributed by atoms with Crippen molar-refractivity contribution in [1.29, 1.82) is 0 Å². The summed E-state index contributed by atoms with van der Waals surface area (Å²) in [5, 5.41) is 6.46. The van der Waals surface area contributed by atoms with Gasteiger partial charge in [-0.15, -0.1) is 0 Å². The number of carbonyl (C=O) groups excluding carboxylic acids is 1. The quantitative estimate of drug-likeness (QED) is 0.450. The van der Waals surface area contributed by atoms with Gasteiger partial charge < -0.3 is 5.32 Å². The molecule has 0 spiro atoms. The highest BCUT2D eigenvalue weighted by Gasteiger charge is 2.14. The molecular formula is C18H18ClIN2OS. The number of benzene rings is 2. The molecule has 0 radical (unpaired) electrons. The maximum atomic E-state index is 12.4. The molecule has 6 heteroatoms. The minimum absolute atomic E-state index is 0.255. The minimum Gasteiger partial charge on any atom is -0.332 e. The number of amides is 1. The van der Waals surface area contributed by atoms with Gasteiger partial charge in [0.15, 0.2) is 5.11 Å². The molecule has 1 atom stereocenters. The van der Waals surface area contributed by atoms with Crippen LogP contribution < -0.4 is 10.6 Å². The molecule has 0 saturated heterocycles. The zero-order valence-corrected chi connectivity index (χ0v) is 17.1. The smallest absolute Gasteiger partial charge is 0.258 e.